The molecule has 4 rings (SSSR count). The summed E-state index contributed by atoms with van der Waals surface area (Å²) in [7, 11) is 0. The Labute approximate surface area is 188 Å². The number of allylic oxidation sites excluding steroid dienone is 4. The van der Waals surface area contributed by atoms with E-state index in [1.807, 2.05) is 0 Å². The third kappa shape index (κ3) is 5.81. The van der Waals surface area contributed by atoms with Crippen molar-refractivity contribution in [1.29, 1.82) is 0 Å². The van der Waals surface area contributed by atoms with Crippen molar-refractivity contribution in [2.24, 2.45) is 5.92 Å². The van der Waals surface area contributed by atoms with E-state index in [9.17, 15) is 0 Å². The molecule has 31 heavy (non-hydrogen) atoms. The van der Waals surface area contributed by atoms with Gasteiger partial charge >= 0.3 is 0 Å². The van der Waals surface area contributed by atoms with Crippen molar-refractivity contribution in [3.63, 3.8) is 0 Å². The fraction of sp³-hybridized carbons (Fsp3) is 0.355. The van der Waals surface area contributed by atoms with E-state index in [0.29, 0.717) is 5.92 Å². The standard InChI is InChI=1S/C31H32/c1-5-26(30(20-22(2)3)28-16-17-28)13-11-25-12-15-27(31(21-25)29-18-19-29)14-10-24-8-6-23(4)7-9-24/h6-9,12,15,20-21,28-29H,5,16-19H2,1-4H3/b30-26-. The van der Waals surface area contributed by atoms with Crippen LogP contribution in [0.25, 0.3) is 0 Å². The van der Waals surface area contributed by atoms with Crippen LogP contribution in [0.15, 0.2) is 65.3 Å². The molecule has 2 saturated carbocycles. The molecular weight excluding hydrogens is 372 g/mol. The summed E-state index contributed by atoms with van der Waals surface area (Å²) in [6.45, 7) is 8.70. The minimum Gasteiger partial charge on any atom is -0.0761 e. The molecule has 2 aromatic rings. The van der Waals surface area contributed by atoms with Gasteiger partial charge in [-0.25, -0.2) is 0 Å². The molecule has 2 aliphatic rings. The highest BCUT2D eigenvalue weighted by Gasteiger charge is 2.27. The van der Waals surface area contributed by atoms with Gasteiger partial charge in [0, 0.05) is 22.3 Å². The molecular formula is C31H32. The van der Waals surface area contributed by atoms with E-state index in [0.717, 1.165) is 29.0 Å². The van der Waals surface area contributed by atoms with E-state index in [1.165, 1.54) is 53.5 Å². The molecule has 0 amide bonds. The minimum atomic E-state index is 0.651. The summed E-state index contributed by atoms with van der Waals surface area (Å²) < 4.78 is 0. The highest BCUT2D eigenvalue weighted by atomic mass is 14.3. The molecule has 2 aromatic carbocycles. The van der Waals surface area contributed by atoms with Gasteiger partial charge in [-0.05, 0) is 106 Å². The van der Waals surface area contributed by atoms with E-state index in [-0.39, 0.29) is 0 Å². The summed E-state index contributed by atoms with van der Waals surface area (Å²) in [5.41, 5.74) is 10.1. The zero-order valence-electron chi connectivity index (χ0n) is 19.3. The van der Waals surface area contributed by atoms with E-state index in [2.05, 4.69) is 99.9 Å². The monoisotopic (exact) mass is 404 g/mol. The van der Waals surface area contributed by atoms with Crippen molar-refractivity contribution in [3.8, 4) is 23.7 Å². The van der Waals surface area contributed by atoms with Gasteiger partial charge in [0.15, 0.2) is 0 Å². The lowest BCUT2D eigenvalue weighted by atomic mass is 9.98. The molecule has 0 aliphatic heterocycles. The van der Waals surface area contributed by atoms with Gasteiger partial charge in [0.2, 0.25) is 0 Å². The van der Waals surface area contributed by atoms with Crippen molar-refractivity contribution in [2.75, 3.05) is 0 Å². The molecule has 0 heteroatoms. The predicted octanol–water partition coefficient (Wildman–Crippen LogP) is 7.71. The first kappa shape index (κ1) is 21.3. The van der Waals surface area contributed by atoms with Gasteiger partial charge in [-0.15, -0.1) is 0 Å². The lowest BCUT2D eigenvalue weighted by molar-refractivity contribution is 0.990. The summed E-state index contributed by atoms with van der Waals surface area (Å²) in [5, 5.41) is 0. The molecule has 0 aromatic heterocycles. The number of hydrogen-bond acceptors (Lipinski definition) is 0. The van der Waals surface area contributed by atoms with Crippen LogP contribution in [0.1, 0.15) is 86.6 Å². The second kappa shape index (κ2) is 9.45. The molecule has 0 unspecified atom stereocenters. The first-order chi connectivity index (χ1) is 15.0. The van der Waals surface area contributed by atoms with Crippen LogP contribution < -0.4 is 0 Å². The highest BCUT2D eigenvalue weighted by Crippen LogP contribution is 2.42. The third-order valence-corrected chi connectivity index (χ3v) is 5.98. The molecule has 0 spiro atoms. The molecule has 0 saturated heterocycles. The Morgan fingerprint density at radius 1 is 0.903 bits per heavy atom. The molecule has 0 radical (unpaired) electrons. The van der Waals surface area contributed by atoms with Crippen LogP contribution in [-0.4, -0.2) is 0 Å². The quantitative estimate of drug-likeness (QED) is 0.362. The average molecular weight is 405 g/mol. The van der Waals surface area contributed by atoms with Gasteiger partial charge in [-0.3, -0.25) is 0 Å². The van der Waals surface area contributed by atoms with E-state index >= 15 is 0 Å². The Morgan fingerprint density at radius 2 is 1.61 bits per heavy atom. The number of hydrogen-bond donors (Lipinski definition) is 0. The van der Waals surface area contributed by atoms with E-state index in [1.54, 1.807) is 0 Å². The molecule has 0 bridgehead atoms. The molecule has 2 fully saturated rings. The summed E-state index contributed by atoms with van der Waals surface area (Å²) in [4.78, 5) is 0. The Hall–Kier alpha value is -2.96. The summed E-state index contributed by atoms with van der Waals surface area (Å²) in [6.07, 6.45) is 8.50. The molecule has 156 valence electrons. The Morgan fingerprint density at radius 3 is 2.23 bits per heavy atom. The van der Waals surface area contributed by atoms with Gasteiger partial charge in [-0.1, -0.05) is 60.0 Å². The average Bonchev–Trinajstić information content (AvgIpc) is 3.66. The van der Waals surface area contributed by atoms with Crippen LogP contribution in [0.4, 0.5) is 0 Å². The van der Waals surface area contributed by atoms with Crippen molar-refractivity contribution in [3.05, 3.63) is 93.1 Å². The van der Waals surface area contributed by atoms with E-state index < -0.39 is 0 Å². The smallest absolute Gasteiger partial charge is 0.0284 e. The maximum absolute atomic E-state index is 3.53. The number of rotatable bonds is 4. The molecule has 0 atom stereocenters. The lowest BCUT2D eigenvalue weighted by Crippen LogP contribution is -1.92. The van der Waals surface area contributed by atoms with E-state index in [4.69, 9.17) is 0 Å². The zero-order chi connectivity index (χ0) is 21.8. The van der Waals surface area contributed by atoms with Crippen molar-refractivity contribution >= 4 is 0 Å². The molecule has 0 N–H and O–H groups in total. The van der Waals surface area contributed by atoms with Crippen LogP contribution in [0.3, 0.4) is 0 Å². The van der Waals surface area contributed by atoms with Crippen molar-refractivity contribution in [2.45, 2.75) is 65.7 Å². The highest BCUT2D eigenvalue weighted by molar-refractivity contribution is 5.54. The maximum atomic E-state index is 3.53. The second-order valence-electron chi connectivity index (χ2n) is 9.23. The normalized spacial score (nSPS) is 15.7. The summed E-state index contributed by atoms with van der Waals surface area (Å²) in [5.74, 6) is 15.1. The largest absolute Gasteiger partial charge is 0.0761 e. The van der Waals surface area contributed by atoms with Crippen LogP contribution in [0.5, 0.6) is 0 Å². The SMILES string of the molecule is CC/C(C#Cc1ccc(C#Cc2ccc(C)cc2)c(C2CC2)c1)=C(\C=C(C)C)C1CC1. The molecule has 0 heterocycles. The second-order valence-corrected chi connectivity index (χ2v) is 9.23. The van der Waals surface area contributed by atoms with Gasteiger partial charge in [-0.2, -0.15) is 0 Å². The fourth-order valence-electron chi connectivity index (χ4n) is 3.93. The van der Waals surface area contributed by atoms with Gasteiger partial charge in [0.25, 0.3) is 0 Å². The Kier molecular flexibility index (Phi) is 6.49. The Balaban J connectivity index is 1.64. The lowest BCUT2D eigenvalue weighted by Gasteiger charge is -2.06. The fourth-order valence-corrected chi connectivity index (χ4v) is 3.93. The first-order valence-corrected chi connectivity index (χ1v) is 11.7. The predicted molar refractivity (Wildman–Crippen MR) is 132 cm³/mol. The first-order valence-electron chi connectivity index (χ1n) is 11.7. The summed E-state index contributed by atoms with van der Waals surface area (Å²) in [6, 6.07) is 15.0. The summed E-state index contributed by atoms with van der Waals surface area (Å²) >= 11 is 0. The van der Waals surface area contributed by atoms with Crippen LogP contribution in [0.2, 0.25) is 0 Å². The van der Waals surface area contributed by atoms with Gasteiger partial charge in [0.1, 0.15) is 0 Å². The molecule has 2 aliphatic carbocycles. The third-order valence-electron chi connectivity index (χ3n) is 5.98. The van der Waals surface area contributed by atoms with Gasteiger partial charge in [0.05, 0.1) is 0 Å². The number of aryl methyl sites for hydroxylation is 1. The van der Waals surface area contributed by atoms with Crippen molar-refractivity contribution < 1.29 is 0 Å². The van der Waals surface area contributed by atoms with Gasteiger partial charge < -0.3 is 0 Å². The topological polar surface area (TPSA) is 0 Å². The van der Waals surface area contributed by atoms with Crippen LogP contribution in [0, 0.1) is 36.5 Å². The van der Waals surface area contributed by atoms with Crippen LogP contribution in [-0.2, 0) is 0 Å². The molecule has 0 nitrogen and oxygen atoms in total. The Bertz CT molecular complexity index is 1130. The van der Waals surface area contributed by atoms with Crippen LogP contribution >= 0.6 is 0 Å². The minimum absolute atomic E-state index is 0.651. The zero-order valence-corrected chi connectivity index (χ0v) is 19.3. The number of benzene rings is 2. The van der Waals surface area contributed by atoms with Crippen molar-refractivity contribution in [1.82, 2.24) is 0 Å². The maximum Gasteiger partial charge on any atom is 0.0284 e.